The van der Waals surface area contributed by atoms with Gasteiger partial charge in [0.1, 0.15) is 5.82 Å². The first-order chi connectivity index (χ1) is 10.0. The molecule has 4 heteroatoms. The molecule has 3 N–H and O–H groups in total. The molecular weight excluding hydrogens is 267 g/mol. The Kier molecular flexibility index (Phi) is 5.36. The number of benzene rings is 1. The molecule has 0 aromatic heterocycles. The molecule has 2 rings (SSSR count). The maximum atomic E-state index is 13.7. The number of halogens is 1. The van der Waals surface area contributed by atoms with Crippen LogP contribution in [0.4, 0.5) is 4.39 Å². The average Bonchev–Trinajstić information content (AvgIpc) is 2.47. The number of rotatable bonds is 5. The van der Waals surface area contributed by atoms with Gasteiger partial charge in [0.05, 0.1) is 11.6 Å². The first-order valence-electron chi connectivity index (χ1n) is 7.88. The zero-order valence-electron chi connectivity index (χ0n) is 13.3. The highest BCUT2D eigenvalue weighted by atomic mass is 19.1. The van der Waals surface area contributed by atoms with Crippen molar-refractivity contribution >= 4 is 0 Å². The van der Waals surface area contributed by atoms with Crippen molar-refractivity contribution in [2.45, 2.75) is 58.1 Å². The molecule has 0 spiro atoms. The van der Waals surface area contributed by atoms with E-state index in [1.807, 2.05) is 13.8 Å². The summed E-state index contributed by atoms with van der Waals surface area (Å²) in [5.41, 5.74) is 4.51. The average molecular weight is 294 g/mol. The van der Waals surface area contributed by atoms with Crippen LogP contribution in [0.5, 0.6) is 0 Å². The molecule has 1 aromatic rings. The molecule has 118 valence electrons. The Morgan fingerprint density at radius 2 is 2.10 bits per heavy atom. The maximum absolute atomic E-state index is 13.7. The fourth-order valence-corrected chi connectivity index (χ4v) is 3.50. The van der Waals surface area contributed by atoms with E-state index in [4.69, 9.17) is 10.6 Å². The number of aryl methyl sites for hydroxylation is 1. The molecule has 0 heterocycles. The standard InChI is InChI=1S/C17H27FN2O/c1-4-21-17(9-7-12(2)8-10-17)16(20-19)15-11-14(18)6-5-13(15)3/h5-6,11-12,16,20H,4,7-10,19H2,1-3H3. The minimum atomic E-state index is -0.339. The van der Waals surface area contributed by atoms with Gasteiger partial charge in [-0.2, -0.15) is 0 Å². The lowest BCUT2D eigenvalue weighted by Gasteiger charge is -2.45. The topological polar surface area (TPSA) is 47.3 Å². The lowest BCUT2D eigenvalue weighted by atomic mass is 9.73. The molecule has 3 nitrogen and oxygen atoms in total. The Morgan fingerprint density at radius 1 is 1.43 bits per heavy atom. The highest BCUT2D eigenvalue weighted by molar-refractivity contribution is 5.32. The Hall–Kier alpha value is -0.970. The van der Waals surface area contributed by atoms with Gasteiger partial charge >= 0.3 is 0 Å². The van der Waals surface area contributed by atoms with Crippen LogP contribution in [0.25, 0.3) is 0 Å². The van der Waals surface area contributed by atoms with E-state index in [1.54, 1.807) is 12.1 Å². The van der Waals surface area contributed by atoms with Gasteiger partial charge in [0, 0.05) is 6.61 Å². The predicted molar refractivity (Wildman–Crippen MR) is 83.2 cm³/mol. The molecule has 0 radical (unpaired) electrons. The van der Waals surface area contributed by atoms with Crippen LogP contribution in [-0.4, -0.2) is 12.2 Å². The van der Waals surface area contributed by atoms with E-state index in [1.165, 1.54) is 6.07 Å². The molecular formula is C17H27FN2O. The monoisotopic (exact) mass is 294 g/mol. The molecule has 1 unspecified atom stereocenters. The Labute approximate surface area is 127 Å². The Morgan fingerprint density at radius 3 is 2.67 bits per heavy atom. The summed E-state index contributed by atoms with van der Waals surface area (Å²) in [4.78, 5) is 0. The van der Waals surface area contributed by atoms with E-state index in [0.29, 0.717) is 12.5 Å². The number of nitrogens with one attached hydrogen (secondary N) is 1. The SMILES string of the molecule is CCOC1(C(NN)c2cc(F)ccc2C)CCC(C)CC1. The third-order valence-electron chi connectivity index (χ3n) is 4.80. The minimum Gasteiger partial charge on any atom is -0.373 e. The number of nitrogens with two attached hydrogens (primary N) is 1. The van der Waals surface area contributed by atoms with Crippen molar-refractivity contribution < 1.29 is 9.13 Å². The van der Waals surface area contributed by atoms with Crippen LogP contribution in [0.2, 0.25) is 0 Å². The zero-order chi connectivity index (χ0) is 15.5. The van der Waals surface area contributed by atoms with Crippen molar-refractivity contribution in [3.63, 3.8) is 0 Å². The molecule has 1 aliphatic carbocycles. The zero-order valence-corrected chi connectivity index (χ0v) is 13.3. The minimum absolute atomic E-state index is 0.180. The molecule has 1 aliphatic rings. The van der Waals surface area contributed by atoms with E-state index >= 15 is 0 Å². The second-order valence-electron chi connectivity index (χ2n) is 6.28. The first-order valence-corrected chi connectivity index (χ1v) is 7.88. The molecule has 1 aromatic carbocycles. The van der Waals surface area contributed by atoms with Crippen molar-refractivity contribution in [2.24, 2.45) is 11.8 Å². The van der Waals surface area contributed by atoms with Crippen LogP contribution in [0, 0.1) is 18.7 Å². The lowest BCUT2D eigenvalue weighted by molar-refractivity contribution is -0.0978. The molecule has 0 saturated heterocycles. The highest BCUT2D eigenvalue weighted by Gasteiger charge is 2.43. The fourth-order valence-electron chi connectivity index (χ4n) is 3.50. The summed E-state index contributed by atoms with van der Waals surface area (Å²) in [6.07, 6.45) is 4.14. The second-order valence-corrected chi connectivity index (χ2v) is 6.28. The van der Waals surface area contributed by atoms with Gasteiger partial charge in [-0.1, -0.05) is 13.0 Å². The summed E-state index contributed by atoms with van der Waals surface area (Å²) in [7, 11) is 0. The van der Waals surface area contributed by atoms with E-state index in [2.05, 4.69) is 12.3 Å². The normalized spacial score (nSPS) is 27.6. The van der Waals surface area contributed by atoms with Gasteiger partial charge in [-0.15, -0.1) is 0 Å². The van der Waals surface area contributed by atoms with Crippen LogP contribution < -0.4 is 11.3 Å². The Balaban J connectivity index is 2.38. The lowest BCUT2D eigenvalue weighted by Crippen LogP contribution is -2.50. The number of hydrogen-bond acceptors (Lipinski definition) is 3. The fraction of sp³-hybridized carbons (Fsp3) is 0.647. The molecule has 1 atom stereocenters. The number of hydrogen-bond donors (Lipinski definition) is 2. The van der Waals surface area contributed by atoms with Crippen LogP contribution in [0.1, 0.15) is 56.7 Å². The van der Waals surface area contributed by atoms with E-state index < -0.39 is 0 Å². The summed E-state index contributed by atoms with van der Waals surface area (Å²) in [6, 6.07) is 4.70. The van der Waals surface area contributed by atoms with Gasteiger partial charge in [-0.05, 0) is 68.7 Å². The summed E-state index contributed by atoms with van der Waals surface area (Å²) in [6.45, 7) is 6.91. The van der Waals surface area contributed by atoms with Crippen LogP contribution in [-0.2, 0) is 4.74 Å². The third-order valence-corrected chi connectivity index (χ3v) is 4.80. The van der Waals surface area contributed by atoms with Crippen LogP contribution in [0.3, 0.4) is 0 Å². The Bertz CT molecular complexity index is 470. The quantitative estimate of drug-likeness (QED) is 0.644. The summed E-state index contributed by atoms with van der Waals surface area (Å²) < 4.78 is 19.8. The molecule has 0 bridgehead atoms. The second kappa shape index (κ2) is 6.86. The third kappa shape index (κ3) is 3.44. The van der Waals surface area contributed by atoms with E-state index in [0.717, 1.165) is 36.8 Å². The van der Waals surface area contributed by atoms with Crippen LogP contribution >= 0.6 is 0 Å². The molecule has 1 saturated carbocycles. The predicted octanol–water partition coefficient (Wildman–Crippen LogP) is 3.62. The molecule has 1 fully saturated rings. The van der Waals surface area contributed by atoms with Gasteiger partial charge in [-0.3, -0.25) is 11.3 Å². The van der Waals surface area contributed by atoms with Gasteiger partial charge in [0.25, 0.3) is 0 Å². The van der Waals surface area contributed by atoms with Crippen molar-refractivity contribution in [3.8, 4) is 0 Å². The highest BCUT2D eigenvalue weighted by Crippen LogP contribution is 2.43. The van der Waals surface area contributed by atoms with Crippen molar-refractivity contribution in [1.29, 1.82) is 0 Å². The van der Waals surface area contributed by atoms with Crippen molar-refractivity contribution in [2.75, 3.05) is 6.61 Å². The van der Waals surface area contributed by atoms with E-state index in [9.17, 15) is 4.39 Å². The van der Waals surface area contributed by atoms with E-state index in [-0.39, 0.29) is 17.5 Å². The maximum Gasteiger partial charge on any atom is 0.123 e. The number of ether oxygens (including phenoxy) is 1. The van der Waals surface area contributed by atoms with Crippen LogP contribution in [0.15, 0.2) is 18.2 Å². The van der Waals surface area contributed by atoms with Crippen molar-refractivity contribution in [1.82, 2.24) is 5.43 Å². The van der Waals surface area contributed by atoms with Gasteiger partial charge in [0.2, 0.25) is 0 Å². The van der Waals surface area contributed by atoms with Gasteiger partial charge in [0.15, 0.2) is 0 Å². The summed E-state index contributed by atoms with van der Waals surface area (Å²) >= 11 is 0. The summed E-state index contributed by atoms with van der Waals surface area (Å²) in [5.74, 6) is 6.34. The smallest absolute Gasteiger partial charge is 0.123 e. The summed E-state index contributed by atoms with van der Waals surface area (Å²) in [5, 5.41) is 0. The molecule has 0 amide bonds. The molecule has 0 aliphatic heterocycles. The van der Waals surface area contributed by atoms with Gasteiger partial charge in [-0.25, -0.2) is 4.39 Å². The molecule has 21 heavy (non-hydrogen) atoms. The first kappa shape index (κ1) is 16.4. The number of hydrazine groups is 1. The van der Waals surface area contributed by atoms with Gasteiger partial charge < -0.3 is 4.74 Å². The van der Waals surface area contributed by atoms with Crippen molar-refractivity contribution in [3.05, 3.63) is 35.1 Å². The largest absolute Gasteiger partial charge is 0.373 e.